The van der Waals surface area contributed by atoms with Gasteiger partial charge in [-0.15, -0.1) is 11.3 Å². The van der Waals surface area contributed by atoms with Gasteiger partial charge < -0.3 is 14.8 Å². The summed E-state index contributed by atoms with van der Waals surface area (Å²) in [5.74, 6) is 0.306. The predicted octanol–water partition coefficient (Wildman–Crippen LogP) is 1.61. The van der Waals surface area contributed by atoms with Gasteiger partial charge in [0, 0.05) is 24.0 Å². The zero-order chi connectivity index (χ0) is 18.3. The van der Waals surface area contributed by atoms with E-state index in [1.54, 1.807) is 18.2 Å². The first-order chi connectivity index (χ1) is 11.9. The zero-order valence-corrected chi connectivity index (χ0v) is 15.6. The molecule has 7 nitrogen and oxygen atoms in total. The molecule has 0 atom stereocenters. The number of nitrogens with one attached hydrogen (secondary N) is 2. The van der Waals surface area contributed by atoms with E-state index in [9.17, 15) is 13.2 Å². The van der Waals surface area contributed by atoms with Gasteiger partial charge in [-0.25, -0.2) is 13.1 Å². The molecule has 0 saturated carbocycles. The number of sulfonamides is 1. The average Bonchev–Trinajstić information content (AvgIpc) is 3.13. The van der Waals surface area contributed by atoms with E-state index in [1.807, 2.05) is 17.5 Å². The second-order valence-corrected chi connectivity index (χ2v) is 8.00. The van der Waals surface area contributed by atoms with Crippen molar-refractivity contribution in [3.63, 3.8) is 0 Å². The Labute approximate surface area is 151 Å². The monoisotopic (exact) mass is 384 g/mol. The quantitative estimate of drug-likeness (QED) is 0.685. The van der Waals surface area contributed by atoms with Crippen LogP contribution in [0.25, 0.3) is 0 Å². The van der Waals surface area contributed by atoms with Crippen LogP contribution in [0.2, 0.25) is 0 Å². The highest BCUT2D eigenvalue weighted by Crippen LogP contribution is 2.24. The van der Waals surface area contributed by atoms with Crippen LogP contribution in [0.4, 0.5) is 0 Å². The predicted molar refractivity (Wildman–Crippen MR) is 96.8 cm³/mol. The van der Waals surface area contributed by atoms with Crippen molar-refractivity contribution in [1.29, 1.82) is 0 Å². The molecule has 0 bridgehead atoms. The summed E-state index contributed by atoms with van der Waals surface area (Å²) in [6.45, 7) is 0.244. The molecular formula is C16H20N2O5S2. The van der Waals surface area contributed by atoms with E-state index < -0.39 is 15.9 Å². The van der Waals surface area contributed by atoms with Crippen LogP contribution in [0, 0.1) is 0 Å². The summed E-state index contributed by atoms with van der Waals surface area (Å²) in [6.07, 6.45) is 0. The third-order valence-corrected chi connectivity index (χ3v) is 5.56. The van der Waals surface area contributed by atoms with Gasteiger partial charge in [0.15, 0.2) is 0 Å². The van der Waals surface area contributed by atoms with Crippen LogP contribution in [0.3, 0.4) is 0 Å². The Morgan fingerprint density at radius 3 is 2.64 bits per heavy atom. The van der Waals surface area contributed by atoms with Crippen molar-refractivity contribution in [3.05, 3.63) is 46.2 Å². The van der Waals surface area contributed by atoms with E-state index >= 15 is 0 Å². The van der Waals surface area contributed by atoms with Gasteiger partial charge in [-0.2, -0.15) is 0 Å². The lowest BCUT2D eigenvalue weighted by Crippen LogP contribution is -2.34. The van der Waals surface area contributed by atoms with Crippen LogP contribution in [-0.2, 0) is 16.6 Å². The van der Waals surface area contributed by atoms with Crippen molar-refractivity contribution in [3.8, 4) is 11.5 Å². The van der Waals surface area contributed by atoms with Crippen LogP contribution < -0.4 is 19.5 Å². The Bertz CT molecular complexity index is 804. The Morgan fingerprint density at radius 1 is 1.20 bits per heavy atom. The van der Waals surface area contributed by atoms with E-state index in [0.29, 0.717) is 17.1 Å². The molecule has 0 aliphatic heterocycles. The van der Waals surface area contributed by atoms with Crippen molar-refractivity contribution in [1.82, 2.24) is 10.0 Å². The summed E-state index contributed by atoms with van der Waals surface area (Å²) in [7, 11) is -0.506. The van der Waals surface area contributed by atoms with Crippen molar-refractivity contribution in [2.24, 2.45) is 0 Å². The zero-order valence-electron chi connectivity index (χ0n) is 13.9. The molecule has 2 rings (SSSR count). The number of methoxy groups -OCH3 is 2. The highest BCUT2D eigenvalue weighted by Gasteiger charge is 2.15. The van der Waals surface area contributed by atoms with Crippen molar-refractivity contribution in [2.75, 3.05) is 26.5 Å². The summed E-state index contributed by atoms with van der Waals surface area (Å²) in [6, 6.07) is 8.50. The Kier molecular flexibility index (Phi) is 6.80. The van der Waals surface area contributed by atoms with Gasteiger partial charge >= 0.3 is 0 Å². The fourth-order valence-corrected chi connectivity index (χ4v) is 3.67. The third kappa shape index (κ3) is 5.73. The fourth-order valence-electron chi connectivity index (χ4n) is 2.05. The maximum absolute atomic E-state index is 12.2. The second-order valence-electron chi connectivity index (χ2n) is 5.04. The van der Waals surface area contributed by atoms with Crippen LogP contribution in [-0.4, -0.2) is 40.8 Å². The number of ether oxygens (including phenoxy) is 2. The van der Waals surface area contributed by atoms with Crippen LogP contribution in [0.5, 0.6) is 11.5 Å². The number of rotatable bonds is 9. The van der Waals surface area contributed by atoms with Crippen molar-refractivity contribution >= 4 is 27.3 Å². The molecule has 0 fully saturated rings. The molecule has 0 aliphatic carbocycles. The normalized spacial score (nSPS) is 11.1. The van der Waals surface area contributed by atoms with Crippen LogP contribution in [0.15, 0.2) is 35.7 Å². The van der Waals surface area contributed by atoms with Gasteiger partial charge in [0.25, 0.3) is 5.91 Å². The maximum atomic E-state index is 12.2. The second kappa shape index (κ2) is 8.84. The molecule has 0 radical (unpaired) electrons. The number of hydrogen-bond donors (Lipinski definition) is 2. The van der Waals surface area contributed by atoms with E-state index in [-0.39, 0.29) is 18.8 Å². The molecule has 136 valence electrons. The molecule has 0 saturated heterocycles. The molecule has 1 heterocycles. The van der Waals surface area contributed by atoms with Gasteiger partial charge in [0.1, 0.15) is 11.5 Å². The van der Waals surface area contributed by atoms with Gasteiger partial charge in [0.2, 0.25) is 10.0 Å². The van der Waals surface area contributed by atoms with Crippen LogP contribution >= 0.6 is 11.3 Å². The minimum absolute atomic E-state index is 0.00616. The molecule has 25 heavy (non-hydrogen) atoms. The fraction of sp³-hybridized carbons (Fsp3) is 0.312. The molecular weight excluding hydrogens is 364 g/mol. The topological polar surface area (TPSA) is 93.7 Å². The minimum atomic E-state index is -3.47. The number of amides is 1. The molecule has 0 unspecified atom stereocenters. The summed E-state index contributed by atoms with van der Waals surface area (Å²) in [4.78, 5) is 13.1. The number of carbonyl (C=O) groups excluding carboxylic acids is 1. The molecule has 1 aromatic carbocycles. The first-order valence-corrected chi connectivity index (χ1v) is 9.98. The summed E-state index contributed by atoms with van der Waals surface area (Å²) < 4.78 is 36.6. The van der Waals surface area contributed by atoms with Crippen molar-refractivity contribution < 1.29 is 22.7 Å². The Balaban J connectivity index is 1.87. The van der Waals surface area contributed by atoms with E-state index in [1.165, 1.54) is 25.6 Å². The lowest BCUT2D eigenvalue weighted by Gasteiger charge is -2.11. The van der Waals surface area contributed by atoms with Gasteiger partial charge in [-0.1, -0.05) is 6.07 Å². The van der Waals surface area contributed by atoms with Gasteiger partial charge in [0.05, 0.1) is 25.5 Å². The molecule has 0 spiro atoms. The molecule has 1 amide bonds. The average molecular weight is 384 g/mol. The van der Waals surface area contributed by atoms with Gasteiger partial charge in [-0.05, 0) is 23.6 Å². The Hall–Kier alpha value is -2.10. The van der Waals surface area contributed by atoms with E-state index in [0.717, 1.165) is 4.88 Å². The number of benzene rings is 1. The third-order valence-electron chi connectivity index (χ3n) is 3.36. The highest BCUT2D eigenvalue weighted by molar-refractivity contribution is 7.89. The standard InChI is InChI=1S/C16H20N2O5S2/c1-22-12-5-6-14(15(10-12)23-2)16(19)17-7-9-25(20,21)18-11-13-4-3-8-24-13/h3-6,8,10,18H,7,9,11H2,1-2H3,(H,17,19). The van der Waals surface area contributed by atoms with E-state index in [4.69, 9.17) is 9.47 Å². The lowest BCUT2D eigenvalue weighted by atomic mass is 10.2. The highest BCUT2D eigenvalue weighted by atomic mass is 32.2. The number of thiophene rings is 1. The smallest absolute Gasteiger partial charge is 0.255 e. The SMILES string of the molecule is COc1ccc(C(=O)NCCS(=O)(=O)NCc2cccs2)c(OC)c1. The van der Waals surface area contributed by atoms with Gasteiger partial charge in [-0.3, -0.25) is 4.79 Å². The molecule has 2 N–H and O–H groups in total. The van der Waals surface area contributed by atoms with Crippen molar-refractivity contribution in [2.45, 2.75) is 6.54 Å². The lowest BCUT2D eigenvalue weighted by molar-refractivity contribution is 0.0953. The molecule has 1 aromatic heterocycles. The first kappa shape index (κ1) is 19.2. The number of carbonyl (C=O) groups is 1. The molecule has 9 heteroatoms. The Morgan fingerprint density at radius 2 is 2.00 bits per heavy atom. The largest absolute Gasteiger partial charge is 0.497 e. The van der Waals surface area contributed by atoms with E-state index in [2.05, 4.69) is 10.0 Å². The molecule has 0 aliphatic rings. The minimum Gasteiger partial charge on any atom is -0.497 e. The van der Waals surface area contributed by atoms with Crippen LogP contribution in [0.1, 0.15) is 15.2 Å². The first-order valence-electron chi connectivity index (χ1n) is 7.45. The summed E-state index contributed by atoms with van der Waals surface area (Å²) in [5, 5.41) is 4.47. The summed E-state index contributed by atoms with van der Waals surface area (Å²) >= 11 is 1.48. The maximum Gasteiger partial charge on any atom is 0.255 e. The summed E-state index contributed by atoms with van der Waals surface area (Å²) in [5.41, 5.74) is 0.312. The molecule has 2 aromatic rings. The number of hydrogen-bond acceptors (Lipinski definition) is 6.